The molecule has 0 aliphatic heterocycles. The molecule has 2 aromatic carbocycles. The molecule has 2 aromatic rings. The van der Waals surface area contributed by atoms with Crippen LogP contribution in [-0.2, 0) is 0 Å². The lowest BCUT2D eigenvalue weighted by Crippen LogP contribution is -2.24. The SMILES string of the molecule is CCCNC(c1ccc(C)cc1)c1cccc(Br)c1F. The first-order chi connectivity index (χ1) is 9.63. The summed E-state index contributed by atoms with van der Waals surface area (Å²) in [5.74, 6) is -0.193. The molecule has 0 saturated carbocycles. The summed E-state index contributed by atoms with van der Waals surface area (Å²) in [5.41, 5.74) is 2.97. The van der Waals surface area contributed by atoms with E-state index in [0.29, 0.717) is 10.0 Å². The first-order valence-corrected chi connectivity index (χ1v) is 7.66. The van der Waals surface area contributed by atoms with Gasteiger partial charge >= 0.3 is 0 Å². The van der Waals surface area contributed by atoms with E-state index in [0.717, 1.165) is 18.5 Å². The summed E-state index contributed by atoms with van der Waals surface area (Å²) in [6.45, 7) is 5.01. The van der Waals surface area contributed by atoms with E-state index < -0.39 is 0 Å². The Bertz CT molecular complexity index is 566. The average molecular weight is 336 g/mol. The van der Waals surface area contributed by atoms with Crippen molar-refractivity contribution in [2.75, 3.05) is 6.54 Å². The molecule has 1 atom stereocenters. The molecule has 0 aliphatic rings. The molecule has 0 aliphatic carbocycles. The van der Waals surface area contributed by atoms with Crippen molar-refractivity contribution in [2.24, 2.45) is 0 Å². The summed E-state index contributed by atoms with van der Waals surface area (Å²) >= 11 is 3.26. The zero-order valence-electron chi connectivity index (χ0n) is 11.8. The van der Waals surface area contributed by atoms with E-state index in [2.05, 4.69) is 59.4 Å². The quantitative estimate of drug-likeness (QED) is 0.811. The van der Waals surface area contributed by atoms with Crippen molar-refractivity contribution >= 4 is 15.9 Å². The highest BCUT2D eigenvalue weighted by atomic mass is 79.9. The maximum absolute atomic E-state index is 14.4. The van der Waals surface area contributed by atoms with Gasteiger partial charge in [0.2, 0.25) is 0 Å². The Hall–Kier alpha value is -1.19. The van der Waals surface area contributed by atoms with Gasteiger partial charge < -0.3 is 5.32 Å². The number of hydrogen-bond acceptors (Lipinski definition) is 1. The van der Waals surface area contributed by atoms with Crippen molar-refractivity contribution in [3.05, 3.63) is 69.4 Å². The number of halogens is 2. The smallest absolute Gasteiger partial charge is 0.142 e. The second kappa shape index (κ2) is 7.00. The van der Waals surface area contributed by atoms with Crippen molar-refractivity contribution in [3.63, 3.8) is 0 Å². The zero-order chi connectivity index (χ0) is 14.5. The largest absolute Gasteiger partial charge is 0.306 e. The van der Waals surface area contributed by atoms with Crippen molar-refractivity contribution < 1.29 is 4.39 Å². The van der Waals surface area contributed by atoms with Crippen molar-refractivity contribution in [1.82, 2.24) is 5.32 Å². The lowest BCUT2D eigenvalue weighted by Gasteiger charge is -2.21. The fourth-order valence-electron chi connectivity index (χ4n) is 2.20. The topological polar surface area (TPSA) is 12.0 Å². The molecular weight excluding hydrogens is 317 g/mol. The van der Waals surface area contributed by atoms with Gasteiger partial charge in [-0.1, -0.05) is 48.9 Å². The summed E-state index contributed by atoms with van der Waals surface area (Å²) < 4.78 is 14.9. The van der Waals surface area contributed by atoms with Crippen LogP contribution in [0, 0.1) is 12.7 Å². The predicted molar refractivity (Wildman–Crippen MR) is 85.4 cm³/mol. The molecule has 20 heavy (non-hydrogen) atoms. The number of benzene rings is 2. The van der Waals surface area contributed by atoms with Crippen LogP contribution in [0.5, 0.6) is 0 Å². The van der Waals surface area contributed by atoms with Crippen molar-refractivity contribution in [1.29, 1.82) is 0 Å². The minimum atomic E-state index is -0.193. The Kier molecular flexibility index (Phi) is 5.32. The monoisotopic (exact) mass is 335 g/mol. The maximum atomic E-state index is 14.4. The van der Waals surface area contributed by atoms with Gasteiger partial charge in [-0.15, -0.1) is 0 Å². The van der Waals surface area contributed by atoms with E-state index in [1.54, 1.807) is 6.07 Å². The zero-order valence-corrected chi connectivity index (χ0v) is 13.4. The molecule has 0 aromatic heterocycles. The van der Waals surface area contributed by atoms with E-state index in [9.17, 15) is 4.39 Å². The van der Waals surface area contributed by atoms with E-state index in [-0.39, 0.29) is 11.9 Å². The second-order valence-corrected chi connectivity index (χ2v) is 5.80. The molecule has 3 heteroatoms. The van der Waals surface area contributed by atoms with Crippen LogP contribution in [0.1, 0.15) is 36.1 Å². The van der Waals surface area contributed by atoms with E-state index >= 15 is 0 Å². The molecule has 1 unspecified atom stereocenters. The van der Waals surface area contributed by atoms with E-state index in [1.807, 2.05) is 12.1 Å². The van der Waals surface area contributed by atoms with Crippen LogP contribution >= 0.6 is 15.9 Å². The van der Waals surface area contributed by atoms with Crippen LogP contribution in [0.2, 0.25) is 0 Å². The fraction of sp³-hybridized carbons (Fsp3) is 0.294. The minimum Gasteiger partial charge on any atom is -0.306 e. The van der Waals surface area contributed by atoms with E-state index in [1.165, 1.54) is 5.56 Å². The van der Waals surface area contributed by atoms with Gasteiger partial charge in [-0.25, -0.2) is 4.39 Å². The first-order valence-electron chi connectivity index (χ1n) is 6.87. The summed E-state index contributed by atoms with van der Waals surface area (Å²) in [4.78, 5) is 0. The van der Waals surface area contributed by atoms with Gasteiger partial charge in [-0.3, -0.25) is 0 Å². The Labute approximate surface area is 128 Å². The van der Waals surface area contributed by atoms with Gasteiger partial charge in [0.05, 0.1) is 10.5 Å². The van der Waals surface area contributed by atoms with Gasteiger partial charge in [0.15, 0.2) is 0 Å². The molecule has 0 saturated heterocycles. The van der Waals surface area contributed by atoms with Crippen LogP contribution in [0.4, 0.5) is 4.39 Å². The van der Waals surface area contributed by atoms with Gasteiger partial charge in [0, 0.05) is 5.56 Å². The lowest BCUT2D eigenvalue weighted by atomic mass is 9.97. The summed E-state index contributed by atoms with van der Waals surface area (Å²) in [5, 5.41) is 3.43. The van der Waals surface area contributed by atoms with Crippen LogP contribution in [0.15, 0.2) is 46.9 Å². The second-order valence-electron chi connectivity index (χ2n) is 4.94. The first kappa shape index (κ1) is 15.2. The Morgan fingerprint density at radius 2 is 1.85 bits per heavy atom. The molecular formula is C17H19BrFN. The highest BCUT2D eigenvalue weighted by Gasteiger charge is 2.18. The fourth-order valence-corrected chi connectivity index (χ4v) is 2.58. The van der Waals surface area contributed by atoms with Crippen LogP contribution in [-0.4, -0.2) is 6.54 Å². The van der Waals surface area contributed by atoms with Crippen LogP contribution in [0.3, 0.4) is 0 Å². The Morgan fingerprint density at radius 3 is 2.50 bits per heavy atom. The molecule has 1 N–H and O–H groups in total. The van der Waals surface area contributed by atoms with Gasteiger partial charge in [0.1, 0.15) is 5.82 Å². The van der Waals surface area contributed by atoms with Crippen LogP contribution < -0.4 is 5.32 Å². The third-order valence-electron chi connectivity index (χ3n) is 3.30. The standard InChI is InChI=1S/C17H19BrFN/c1-3-11-20-17(13-9-7-12(2)8-10-13)14-5-4-6-15(18)16(14)19/h4-10,17,20H,3,11H2,1-2H3. The average Bonchev–Trinajstić information content (AvgIpc) is 2.45. The number of rotatable bonds is 5. The Balaban J connectivity index is 2.41. The lowest BCUT2D eigenvalue weighted by molar-refractivity contribution is 0.543. The third-order valence-corrected chi connectivity index (χ3v) is 3.91. The molecule has 1 nitrogen and oxygen atoms in total. The van der Waals surface area contributed by atoms with Crippen LogP contribution in [0.25, 0.3) is 0 Å². The molecule has 0 spiro atoms. The number of nitrogens with one attached hydrogen (secondary N) is 1. The van der Waals surface area contributed by atoms with Gasteiger partial charge in [0.25, 0.3) is 0 Å². The normalized spacial score (nSPS) is 12.4. The molecule has 0 amide bonds. The van der Waals surface area contributed by atoms with Gasteiger partial charge in [-0.2, -0.15) is 0 Å². The maximum Gasteiger partial charge on any atom is 0.142 e. The summed E-state index contributed by atoms with van der Waals surface area (Å²) in [6.07, 6.45) is 1.01. The van der Waals surface area contributed by atoms with Crippen molar-refractivity contribution in [3.8, 4) is 0 Å². The Morgan fingerprint density at radius 1 is 1.15 bits per heavy atom. The summed E-state index contributed by atoms with van der Waals surface area (Å²) in [7, 11) is 0. The molecule has 0 heterocycles. The molecule has 106 valence electrons. The predicted octanol–water partition coefficient (Wildman–Crippen LogP) is 4.99. The molecule has 0 fully saturated rings. The highest BCUT2D eigenvalue weighted by Crippen LogP contribution is 2.28. The number of hydrogen-bond donors (Lipinski definition) is 1. The third kappa shape index (κ3) is 3.47. The minimum absolute atomic E-state index is 0.118. The molecule has 0 radical (unpaired) electrons. The van der Waals surface area contributed by atoms with Gasteiger partial charge in [-0.05, 0) is 47.4 Å². The summed E-state index contributed by atoms with van der Waals surface area (Å²) in [6, 6.07) is 13.6. The molecule has 0 bridgehead atoms. The molecule has 2 rings (SSSR count). The van der Waals surface area contributed by atoms with E-state index in [4.69, 9.17) is 0 Å². The number of aryl methyl sites for hydroxylation is 1. The van der Waals surface area contributed by atoms with Crippen molar-refractivity contribution in [2.45, 2.75) is 26.3 Å². The highest BCUT2D eigenvalue weighted by molar-refractivity contribution is 9.10.